The summed E-state index contributed by atoms with van der Waals surface area (Å²) in [6, 6.07) is 1.43. The first-order chi connectivity index (χ1) is 8.22. The Bertz CT molecular complexity index is 172. The predicted molar refractivity (Wildman–Crippen MR) is 77.4 cm³/mol. The molecule has 0 spiro atoms. The molecule has 0 radical (unpaired) electrons. The summed E-state index contributed by atoms with van der Waals surface area (Å²) in [6.07, 6.45) is 14.2. The van der Waals surface area contributed by atoms with E-state index in [0.29, 0.717) is 6.04 Å². The summed E-state index contributed by atoms with van der Waals surface area (Å²) >= 11 is 0. The lowest BCUT2D eigenvalue weighted by Crippen LogP contribution is -2.35. The summed E-state index contributed by atoms with van der Waals surface area (Å²) in [5, 5.41) is 3.78. The van der Waals surface area contributed by atoms with Gasteiger partial charge in [-0.25, -0.2) is 0 Å². The first-order valence-corrected chi connectivity index (χ1v) is 7.98. The van der Waals surface area contributed by atoms with Crippen LogP contribution in [0.5, 0.6) is 0 Å². The van der Waals surface area contributed by atoms with Gasteiger partial charge >= 0.3 is 0 Å². The number of hydrogen-bond donors (Lipinski definition) is 1. The second-order valence-corrected chi connectivity index (χ2v) is 6.20. The maximum absolute atomic E-state index is 3.78. The Labute approximate surface area is 109 Å². The van der Waals surface area contributed by atoms with Crippen molar-refractivity contribution in [3.05, 3.63) is 0 Å². The van der Waals surface area contributed by atoms with E-state index in [1.807, 2.05) is 0 Å². The van der Waals surface area contributed by atoms with Crippen molar-refractivity contribution in [2.24, 2.45) is 5.92 Å². The second-order valence-electron chi connectivity index (χ2n) is 6.20. The van der Waals surface area contributed by atoms with E-state index < -0.39 is 0 Å². The van der Waals surface area contributed by atoms with Crippen molar-refractivity contribution in [3.63, 3.8) is 0 Å². The van der Waals surface area contributed by atoms with E-state index >= 15 is 0 Å². The van der Waals surface area contributed by atoms with Gasteiger partial charge in [-0.1, -0.05) is 58.3 Å². The molecule has 1 fully saturated rings. The van der Waals surface area contributed by atoms with E-state index in [4.69, 9.17) is 0 Å². The summed E-state index contributed by atoms with van der Waals surface area (Å²) in [6.45, 7) is 7.02. The monoisotopic (exact) mass is 239 g/mol. The van der Waals surface area contributed by atoms with Crippen LogP contribution in [0.25, 0.3) is 0 Å². The Kier molecular flexibility index (Phi) is 7.92. The van der Waals surface area contributed by atoms with Gasteiger partial charge in [-0.05, 0) is 32.6 Å². The van der Waals surface area contributed by atoms with Crippen LogP contribution in [0.15, 0.2) is 0 Å². The maximum Gasteiger partial charge on any atom is 0.00438 e. The van der Waals surface area contributed by atoms with Crippen LogP contribution in [-0.2, 0) is 0 Å². The first-order valence-electron chi connectivity index (χ1n) is 7.98. The zero-order chi connectivity index (χ0) is 12.5. The zero-order valence-electron chi connectivity index (χ0n) is 12.3. The highest BCUT2D eigenvalue weighted by Gasteiger charge is 2.18. The van der Waals surface area contributed by atoms with Gasteiger partial charge in [0, 0.05) is 12.1 Å². The summed E-state index contributed by atoms with van der Waals surface area (Å²) in [5.41, 5.74) is 0. The van der Waals surface area contributed by atoms with Crippen molar-refractivity contribution in [1.82, 2.24) is 5.32 Å². The van der Waals surface area contributed by atoms with Gasteiger partial charge in [0.15, 0.2) is 0 Å². The van der Waals surface area contributed by atoms with Gasteiger partial charge < -0.3 is 5.32 Å². The molecule has 102 valence electrons. The molecule has 0 bridgehead atoms. The van der Waals surface area contributed by atoms with E-state index in [1.165, 1.54) is 64.2 Å². The molecule has 0 saturated heterocycles. The summed E-state index contributed by atoms with van der Waals surface area (Å²) in [7, 11) is 0. The average molecular weight is 239 g/mol. The molecule has 1 N–H and O–H groups in total. The largest absolute Gasteiger partial charge is 0.312 e. The van der Waals surface area contributed by atoms with Crippen molar-refractivity contribution in [3.8, 4) is 0 Å². The van der Waals surface area contributed by atoms with E-state index in [-0.39, 0.29) is 0 Å². The van der Waals surface area contributed by atoms with Crippen LogP contribution < -0.4 is 5.32 Å². The zero-order valence-corrected chi connectivity index (χ0v) is 12.3. The fraction of sp³-hybridized carbons (Fsp3) is 1.00. The third-order valence-electron chi connectivity index (χ3n) is 4.22. The van der Waals surface area contributed by atoms with Crippen molar-refractivity contribution in [2.45, 2.75) is 97.1 Å². The van der Waals surface area contributed by atoms with Gasteiger partial charge in [-0.2, -0.15) is 0 Å². The summed E-state index contributed by atoms with van der Waals surface area (Å²) < 4.78 is 0. The van der Waals surface area contributed by atoms with E-state index in [9.17, 15) is 0 Å². The van der Waals surface area contributed by atoms with Gasteiger partial charge in [0.05, 0.1) is 0 Å². The Balaban J connectivity index is 2.01. The summed E-state index contributed by atoms with van der Waals surface area (Å²) in [5.74, 6) is 1.02. The number of nitrogens with one attached hydrogen (secondary N) is 1. The maximum atomic E-state index is 3.78. The second kappa shape index (κ2) is 8.97. The Hall–Kier alpha value is -0.0400. The molecular weight excluding hydrogens is 206 g/mol. The van der Waals surface area contributed by atoms with Gasteiger partial charge in [-0.15, -0.1) is 0 Å². The topological polar surface area (TPSA) is 12.0 Å². The van der Waals surface area contributed by atoms with Crippen LogP contribution in [0.3, 0.4) is 0 Å². The molecule has 1 heteroatoms. The van der Waals surface area contributed by atoms with Crippen molar-refractivity contribution < 1.29 is 0 Å². The number of unbranched alkanes of at least 4 members (excludes halogenated alkanes) is 3. The molecule has 0 amide bonds. The standard InChI is InChI=1S/C16H33N/c1-4-5-6-7-10-14(2)17-15(3)13-16-11-8-9-12-16/h14-17H,4-13H2,1-3H3. The molecule has 0 aliphatic heterocycles. The van der Waals surface area contributed by atoms with Crippen LogP contribution in [0.4, 0.5) is 0 Å². The first kappa shape index (κ1) is 15.0. The SMILES string of the molecule is CCCCCCC(C)NC(C)CC1CCCC1. The molecule has 17 heavy (non-hydrogen) atoms. The van der Waals surface area contributed by atoms with Crippen LogP contribution in [0, 0.1) is 5.92 Å². The van der Waals surface area contributed by atoms with Crippen LogP contribution >= 0.6 is 0 Å². The fourth-order valence-electron chi connectivity index (χ4n) is 3.26. The minimum absolute atomic E-state index is 0.711. The lowest BCUT2D eigenvalue weighted by molar-refractivity contribution is 0.362. The molecule has 2 atom stereocenters. The summed E-state index contributed by atoms with van der Waals surface area (Å²) in [4.78, 5) is 0. The number of hydrogen-bond acceptors (Lipinski definition) is 1. The van der Waals surface area contributed by atoms with Crippen molar-refractivity contribution in [2.75, 3.05) is 0 Å². The molecule has 1 aliphatic rings. The molecule has 1 aliphatic carbocycles. The van der Waals surface area contributed by atoms with E-state index in [1.54, 1.807) is 0 Å². The smallest absolute Gasteiger partial charge is 0.00438 e. The minimum Gasteiger partial charge on any atom is -0.312 e. The molecular formula is C16H33N. The third kappa shape index (κ3) is 7.08. The molecule has 2 unspecified atom stereocenters. The van der Waals surface area contributed by atoms with E-state index in [0.717, 1.165) is 12.0 Å². The lowest BCUT2D eigenvalue weighted by Gasteiger charge is -2.22. The number of rotatable bonds is 9. The van der Waals surface area contributed by atoms with Gasteiger partial charge in [-0.3, -0.25) is 0 Å². The van der Waals surface area contributed by atoms with E-state index in [2.05, 4.69) is 26.1 Å². The molecule has 1 rings (SSSR count). The normalized spacial score (nSPS) is 20.6. The van der Waals surface area contributed by atoms with Crippen molar-refractivity contribution >= 4 is 0 Å². The molecule has 0 aromatic carbocycles. The Morgan fingerprint density at radius 3 is 2.35 bits per heavy atom. The fourth-order valence-corrected chi connectivity index (χ4v) is 3.26. The molecule has 0 heterocycles. The van der Waals surface area contributed by atoms with Gasteiger partial charge in [0.25, 0.3) is 0 Å². The molecule has 1 nitrogen and oxygen atoms in total. The van der Waals surface area contributed by atoms with Crippen LogP contribution in [0.1, 0.15) is 85.0 Å². The van der Waals surface area contributed by atoms with Gasteiger partial charge in [0.1, 0.15) is 0 Å². The Morgan fingerprint density at radius 1 is 1.00 bits per heavy atom. The lowest BCUT2D eigenvalue weighted by atomic mass is 9.98. The molecule has 0 aromatic heterocycles. The quantitative estimate of drug-likeness (QED) is 0.564. The molecule has 1 saturated carbocycles. The highest BCUT2D eigenvalue weighted by Crippen LogP contribution is 2.28. The van der Waals surface area contributed by atoms with Crippen molar-refractivity contribution in [1.29, 1.82) is 0 Å². The Morgan fingerprint density at radius 2 is 1.71 bits per heavy atom. The van der Waals surface area contributed by atoms with Gasteiger partial charge in [0.2, 0.25) is 0 Å². The highest BCUT2D eigenvalue weighted by atomic mass is 14.9. The average Bonchev–Trinajstić information content (AvgIpc) is 2.77. The minimum atomic E-state index is 0.711. The predicted octanol–water partition coefficient (Wildman–Crippen LogP) is 4.90. The van der Waals surface area contributed by atoms with Crippen LogP contribution in [-0.4, -0.2) is 12.1 Å². The molecule has 0 aromatic rings. The van der Waals surface area contributed by atoms with Crippen LogP contribution in [0.2, 0.25) is 0 Å². The highest BCUT2D eigenvalue weighted by molar-refractivity contribution is 4.75. The third-order valence-corrected chi connectivity index (χ3v) is 4.22.